The highest BCUT2D eigenvalue weighted by Gasteiger charge is 2.49. The molecule has 0 aliphatic carbocycles. The molecule has 18 heteroatoms. The highest BCUT2D eigenvalue weighted by molar-refractivity contribution is 5.86. The molecule has 14 unspecified atom stereocenters. The van der Waals surface area contributed by atoms with Crippen molar-refractivity contribution < 1.29 is 83.5 Å². The fraction of sp³-hybridized carbons (Fsp3) is 0.553. The molecule has 3 aromatic rings. The molecule has 0 spiro atoms. The van der Waals surface area contributed by atoms with Crippen LogP contribution in [0.4, 0.5) is 0 Å². The number of methoxy groups -OCH3 is 1. The summed E-state index contributed by atoms with van der Waals surface area (Å²) in [7, 11) is 1.47. The van der Waals surface area contributed by atoms with Gasteiger partial charge in [0.1, 0.15) is 72.0 Å². The van der Waals surface area contributed by atoms with E-state index in [1.165, 1.54) is 26.2 Å². The van der Waals surface area contributed by atoms with Crippen LogP contribution in [-0.2, 0) is 25.4 Å². The first-order chi connectivity index (χ1) is 26.6. The average molecular weight is 793 g/mol. The highest BCUT2D eigenvalue weighted by Crippen LogP contribution is 2.39. The molecule has 3 aliphatic rings. The number of aliphatic hydroxyl groups is 9. The van der Waals surface area contributed by atoms with Gasteiger partial charge in [-0.05, 0) is 63.6 Å². The summed E-state index contributed by atoms with van der Waals surface area (Å²) in [6, 6.07) is 9.18. The first-order valence-corrected chi connectivity index (χ1v) is 18.0. The number of fused-ring (bicyclic) bond motifs is 1. The monoisotopic (exact) mass is 792 g/mol. The van der Waals surface area contributed by atoms with Crippen LogP contribution in [0.3, 0.4) is 0 Å². The van der Waals surface area contributed by atoms with Crippen molar-refractivity contribution in [1.82, 2.24) is 0 Å². The van der Waals surface area contributed by atoms with Gasteiger partial charge >= 0.3 is 0 Å². The number of benzene rings is 2. The topological polar surface area (TPSA) is 277 Å². The molecule has 56 heavy (non-hydrogen) atoms. The second-order valence-corrected chi connectivity index (χ2v) is 14.2. The van der Waals surface area contributed by atoms with E-state index in [-0.39, 0.29) is 28.9 Å². The van der Waals surface area contributed by atoms with Gasteiger partial charge in [-0.1, -0.05) is 11.6 Å². The molecule has 0 amide bonds. The van der Waals surface area contributed by atoms with E-state index in [2.05, 4.69) is 0 Å². The Morgan fingerprint density at radius 3 is 2.14 bits per heavy atom. The van der Waals surface area contributed by atoms with Crippen LogP contribution in [0.5, 0.6) is 17.2 Å². The van der Waals surface area contributed by atoms with Crippen molar-refractivity contribution >= 4 is 11.0 Å². The van der Waals surface area contributed by atoms with Gasteiger partial charge in [0.05, 0.1) is 31.8 Å². The number of ether oxygens (including phenoxy) is 7. The van der Waals surface area contributed by atoms with E-state index in [4.69, 9.17) is 37.6 Å². The van der Waals surface area contributed by atoms with Crippen LogP contribution >= 0.6 is 0 Å². The molecule has 1 aromatic heterocycles. The highest BCUT2D eigenvalue weighted by atomic mass is 16.8. The fourth-order valence-electron chi connectivity index (χ4n) is 6.63. The van der Waals surface area contributed by atoms with Crippen LogP contribution < -0.4 is 19.6 Å². The lowest BCUT2D eigenvalue weighted by Gasteiger charge is -2.43. The zero-order chi connectivity index (χ0) is 40.6. The maximum absolute atomic E-state index is 14.6. The molecule has 3 fully saturated rings. The van der Waals surface area contributed by atoms with Crippen LogP contribution in [0.2, 0.25) is 0 Å². The van der Waals surface area contributed by atoms with Gasteiger partial charge in [-0.2, -0.15) is 0 Å². The second-order valence-electron chi connectivity index (χ2n) is 14.2. The Bertz CT molecular complexity index is 1890. The van der Waals surface area contributed by atoms with Gasteiger partial charge in [0, 0.05) is 11.1 Å². The van der Waals surface area contributed by atoms with Crippen molar-refractivity contribution in [3.63, 3.8) is 0 Å². The molecular weight excluding hydrogens is 744 g/mol. The van der Waals surface area contributed by atoms with Crippen molar-refractivity contribution in [3.8, 4) is 28.6 Å². The summed E-state index contributed by atoms with van der Waals surface area (Å²) in [6.07, 6.45) is -19.9. The lowest BCUT2D eigenvalue weighted by atomic mass is 9.99. The van der Waals surface area contributed by atoms with Crippen molar-refractivity contribution in [1.29, 1.82) is 0 Å². The molecule has 4 heterocycles. The molecule has 3 saturated heterocycles. The summed E-state index contributed by atoms with van der Waals surface area (Å²) in [5.41, 5.74) is 0.827. The molecule has 3 aliphatic heterocycles. The zero-order valence-corrected chi connectivity index (χ0v) is 30.9. The number of hydrogen-bond acceptors (Lipinski definition) is 18. The van der Waals surface area contributed by atoms with E-state index in [0.29, 0.717) is 16.9 Å². The quantitative estimate of drug-likeness (QED) is 0.103. The Balaban J connectivity index is 1.46. The normalized spacial score (nSPS) is 34.9. The van der Waals surface area contributed by atoms with Crippen molar-refractivity contribution in [2.75, 3.05) is 20.3 Å². The lowest BCUT2D eigenvalue weighted by Crippen LogP contribution is -2.62. The minimum Gasteiger partial charge on any atom is -0.497 e. The molecule has 2 aromatic carbocycles. The van der Waals surface area contributed by atoms with Gasteiger partial charge in [-0.3, -0.25) is 4.79 Å². The zero-order valence-electron chi connectivity index (χ0n) is 30.9. The van der Waals surface area contributed by atoms with Crippen LogP contribution in [0.25, 0.3) is 22.3 Å². The van der Waals surface area contributed by atoms with Gasteiger partial charge in [0.15, 0.2) is 18.2 Å². The summed E-state index contributed by atoms with van der Waals surface area (Å²) in [5.74, 6) is 0.0189. The molecular formula is C38H48O18. The maximum atomic E-state index is 14.6. The van der Waals surface area contributed by atoms with Crippen molar-refractivity contribution in [2.24, 2.45) is 0 Å². The Morgan fingerprint density at radius 1 is 0.804 bits per heavy atom. The summed E-state index contributed by atoms with van der Waals surface area (Å²) in [6.45, 7) is 3.99. The van der Waals surface area contributed by atoms with E-state index in [0.717, 1.165) is 5.57 Å². The van der Waals surface area contributed by atoms with Crippen LogP contribution in [0.15, 0.2) is 57.3 Å². The maximum Gasteiger partial charge on any atom is 0.235 e. The van der Waals surface area contributed by atoms with Gasteiger partial charge < -0.3 is 83.5 Å². The summed E-state index contributed by atoms with van der Waals surface area (Å²) < 4.78 is 46.8. The smallest absolute Gasteiger partial charge is 0.235 e. The Labute approximate surface area is 320 Å². The Hall–Kier alpha value is -3.73. The molecule has 0 radical (unpaired) electrons. The van der Waals surface area contributed by atoms with Gasteiger partial charge in [0.25, 0.3) is 0 Å². The van der Waals surface area contributed by atoms with E-state index >= 15 is 0 Å². The SMILES string of the molecule is COc1ccc(-c2oc3c(CC=C(C)C)c(OC4OC(CO)C(O)C(O)C4O)ccc3c(=O)c2OC2OCC(O)C(O)C2OC2OC(C)C(O)C(O)C2O)cc1. The third kappa shape index (κ3) is 8.30. The first kappa shape index (κ1) is 41.9. The lowest BCUT2D eigenvalue weighted by molar-refractivity contribution is -0.344. The third-order valence-corrected chi connectivity index (χ3v) is 10.0. The number of allylic oxidation sites excluding steroid dienone is 2. The molecule has 0 saturated carbocycles. The molecule has 6 rings (SSSR count). The fourth-order valence-corrected chi connectivity index (χ4v) is 6.63. The summed E-state index contributed by atoms with van der Waals surface area (Å²) in [5, 5.41) is 93.9. The molecule has 9 N–H and O–H groups in total. The standard InChI is InChI=1S/C38H48O18/c1-15(2)5-10-19-22(52-37-31(48)29(46)27(44)23(13-39)53-37)12-11-20-25(42)34(32(54-33(19)20)17-6-8-18(49-4)9-7-17)55-38-35(26(43)21(40)14-50-38)56-36-30(47)28(45)24(41)16(3)51-36/h5-9,11-12,16,21,23-24,26-31,35-41,43-48H,10,13-14H2,1-4H3. The molecule has 18 nitrogen and oxygen atoms in total. The Kier molecular flexibility index (Phi) is 13.0. The summed E-state index contributed by atoms with van der Waals surface area (Å²) >= 11 is 0. The van der Waals surface area contributed by atoms with E-state index in [1.807, 2.05) is 19.9 Å². The molecule has 308 valence electrons. The molecule has 0 bridgehead atoms. The first-order valence-electron chi connectivity index (χ1n) is 18.0. The number of hydrogen-bond donors (Lipinski definition) is 9. The van der Waals surface area contributed by atoms with Crippen LogP contribution in [0, 0.1) is 0 Å². The predicted molar refractivity (Wildman–Crippen MR) is 192 cm³/mol. The largest absolute Gasteiger partial charge is 0.497 e. The predicted octanol–water partition coefficient (Wildman–Crippen LogP) is -1.17. The van der Waals surface area contributed by atoms with Crippen molar-refractivity contribution in [2.45, 2.75) is 113 Å². The third-order valence-electron chi connectivity index (χ3n) is 10.0. The minimum absolute atomic E-state index is 0.0126. The summed E-state index contributed by atoms with van der Waals surface area (Å²) in [4.78, 5) is 14.6. The number of aliphatic hydroxyl groups excluding tert-OH is 9. The van der Waals surface area contributed by atoms with Gasteiger partial charge in [-0.15, -0.1) is 0 Å². The molecule has 14 atom stereocenters. The number of rotatable bonds is 11. The van der Waals surface area contributed by atoms with Crippen molar-refractivity contribution in [3.05, 3.63) is 63.8 Å². The Morgan fingerprint density at radius 2 is 1.48 bits per heavy atom. The second kappa shape index (κ2) is 17.4. The minimum atomic E-state index is -1.78. The van der Waals surface area contributed by atoms with Gasteiger partial charge in [-0.25, -0.2) is 0 Å². The van der Waals surface area contributed by atoms with E-state index in [1.54, 1.807) is 24.3 Å². The van der Waals surface area contributed by atoms with E-state index < -0.39 is 110 Å². The van der Waals surface area contributed by atoms with Gasteiger partial charge in [0.2, 0.25) is 23.8 Å². The average Bonchev–Trinajstić information content (AvgIpc) is 3.19. The van der Waals surface area contributed by atoms with Crippen LogP contribution in [-0.4, -0.2) is 152 Å². The van der Waals surface area contributed by atoms with E-state index in [9.17, 15) is 50.8 Å². The van der Waals surface area contributed by atoms with Crippen LogP contribution in [0.1, 0.15) is 26.3 Å².